The zero-order chi connectivity index (χ0) is 22.9. The number of hydrogen-bond acceptors (Lipinski definition) is 8. The molecule has 1 N–H and O–H groups in total. The zero-order valence-corrected chi connectivity index (χ0v) is 19.9. The smallest absolute Gasteiger partial charge is 0.410 e. The lowest BCUT2D eigenvalue weighted by Gasteiger charge is -2.32. The highest BCUT2D eigenvalue weighted by Gasteiger charge is 2.25. The number of aromatic nitrogens is 2. The van der Waals surface area contributed by atoms with Gasteiger partial charge in [-0.15, -0.1) is 11.3 Å². The minimum absolute atomic E-state index is 0.122. The Bertz CT molecular complexity index is 1210. The molecule has 1 fully saturated rings. The normalized spacial score (nSPS) is 15.3. The highest BCUT2D eigenvalue weighted by Crippen LogP contribution is 2.36. The zero-order valence-electron chi connectivity index (χ0n) is 18.2. The van der Waals surface area contributed by atoms with Gasteiger partial charge in [-0.05, 0) is 44.4 Å². The topological polar surface area (TPSA) is 101 Å². The first-order valence-corrected chi connectivity index (χ1v) is 13.2. The van der Waals surface area contributed by atoms with E-state index in [2.05, 4.69) is 15.3 Å². The van der Waals surface area contributed by atoms with Crippen LogP contribution < -0.4 is 5.32 Å². The molecule has 0 spiro atoms. The van der Waals surface area contributed by atoms with Crippen LogP contribution in [0.25, 0.3) is 21.3 Å². The van der Waals surface area contributed by atoms with Crippen molar-refractivity contribution in [3.05, 3.63) is 36.0 Å². The maximum atomic E-state index is 12.1. The first kappa shape index (κ1) is 22.5. The number of amides is 1. The number of ether oxygens (including phenoxy) is 1. The van der Waals surface area contributed by atoms with Crippen molar-refractivity contribution in [2.45, 2.75) is 43.7 Å². The highest BCUT2D eigenvalue weighted by molar-refractivity contribution is 7.90. The molecule has 3 heterocycles. The van der Waals surface area contributed by atoms with Crippen LogP contribution in [0.15, 0.2) is 40.9 Å². The van der Waals surface area contributed by atoms with E-state index >= 15 is 0 Å². The fraction of sp³-hybridized carbons (Fsp3) is 0.409. The van der Waals surface area contributed by atoms with Crippen molar-refractivity contribution in [1.82, 2.24) is 14.9 Å². The summed E-state index contributed by atoms with van der Waals surface area (Å²) in [6.45, 7) is 4.98. The van der Waals surface area contributed by atoms with Crippen LogP contribution in [0.1, 0.15) is 26.7 Å². The molecule has 1 aliphatic rings. The van der Waals surface area contributed by atoms with Crippen LogP contribution in [0.3, 0.4) is 0 Å². The number of carbonyl (C=O) groups is 1. The lowest BCUT2D eigenvalue weighted by Crippen LogP contribution is -2.43. The van der Waals surface area contributed by atoms with E-state index in [-0.39, 0.29) is 18.2 Å². The van der Waals surface area contributed by atoms with E-state index in [0.717, 1.165) is 40.0 Å². The molecule has 1 aromatic carbocycles. The van der Waals surface area contributed by atoms with Gasteiger partial charge in [-0.25, -0.2) is 23.2 Å². The standard InChI is InChI=1S/C22H26N4O4S2/c1-14(2)30-22(27)26-10-8-16(9-11-26)25-21-20-19(23-13-24-21)18(12-31-20)15-4-6-17(7-5-15)32(3,28)29/h4-7,12-14,16H,8-11H2,1-3H3,(H,23,24,25). The van der Waals surface area contributed by atoms with Gasteiger partial charge in [-0.3, -0.25) is 0 Å². The van der Waals surface area contributed by atoms with Gasteiger partial charge in [-0.1, -0.05) is 12.1 Å². The summed E-state index contributed by atoms with van der Waals surface area (Å²) in [6.07, 6.45) is 3.98. The molecular weight excluding hydrogens is 448 g/mol. The molecule has 4 rings (SSSR count). The van der Waals surface area contributed by atoms with Gasteiger partial charge in [0.1, 0.15) is 12.1 Å². The van der Waals surface area contributed by atoms with Crippen molar-refractivity contribution in [2.75, 3.05) is 24.7 Å². The third-order valence-electron chi connectivity index (χ3n) is 5.38. The van der Waals surface area contributed by atoms with E-state index < -0.39 is 9.84 Å². The van der Waals surface area contributed by atoms with Crippen LogP contribution >= 0.6 is 11.3 Å². The van der Waals surface area contributed by atoms with Gasteiger partial charge in [0.15, 0.2) is 9.84 Å². The number of rotatable bonds is 5. The van der Waals surface area contributed by atoms with Gasteiger partial charge >= 0.3 is 6.09 Å². The second-order valence-corrected chi connectivity index (χ2v) is 11.1. The fourth-order valence-corrected chi connectivity index (χ4v) is 5.33. The van der Waals surface area contributed by atoms with Crippen molar-refractivity contribution in [3.8, 4) is 11.1 Å². The molecule has 0 bridgehead atoms. The Morgan fingerprint density at radius 3 is 2.50 bits per heavy atom. The summed E-state index contributed by atoms with van der Waals surface area (Å²) in [5.74, 6) is 0.780. The van der Waals surface area contributed by atoms with Crippen molar-refractivity contribution >= 4 is 43.3 Å². The van der Waals surface area contributed by atoms with Crippen LogP contribution in [0.5, 0.6) is 0 Å². The second-order valence-electron chi connectivity index (χ2n) is 8.18. The van der Waals surface area contributed by atoms with Gasteiger partial charge < -0.3 is 15.0 Å². The van der Waals surface area contributed by atoms with Crippen LogP contribution in [-0.4, -0.2) is 60.9 Å². The largest absolute Gasteiger partial charge is 0.447 e. The SMILES string of the molecule is CC(C)OC(=O)N1CCC(Nc2ncnc3c(-c4ccc(S(C)(=O)=O)cc4)csc23)CC1. The number of piperidine rings is 1. The molecule has 0 atom stereocenters. The number of carbonyl (C=O) groups excluding carboxylic acids is 1. The molecule has 32 heavy (non-hydrogen) atoms. The van der Waals surface area contributed by atoms with Crippen LogP contribution in [0, 0.1) is 0 Å². The van der Waals surface area contributed by atoms with Crippen molar-refractivity contribution in [2.24, 2.45) is 0 Å². The molecule has 1 aliphatic heterocycles. The van der Waals surface area contributed by atoms with Gasteiger partial charge in [0, 0.05) is 36.3 Å². The van der Waals surface area contributed by atoms with E-state index in [1.54, 1.807) is 46.8 Å². The predicted molar refractivity (Wildman–Crippen MR) is 126 cm³/mol. The summed E-state index contributed by atoms with van der Waals surface area (Å²) in [6, 6.07) is 7.05. The Labute approximate surface area is 191 Å². The molecule has 0 unspecified atom stereocenters. The minimum Gasteiger partial charge on any atom is -0.447 e. The lowest BCUT2D eigenvalue weighted by molar-refractivity contribution is 0.0701. The highest BCUT2D eigenvalue weighted by atomic mass is 32.2. The molecule has 1 amide bonds. The van der Waals surface area contributed by atoms with Crippen molar-refractivity contribution < 1.29 is 17.9 Å². The van der Waals surface area contributed by atoms with E-state index in [9.17, 15) is 13.2 Å². The molecule has 0 saturated carbocycles. The third-order valence-corrected chi connectivity index (χ3v) is 7.48. The van der Waals surface area contributed by atoms with Gasteiger partial charge in [-0.2, -0.15) is 0 Å². The monoisotopic (exact) mass is 474 g/mol. The molecule has 170 valence electrons. The summed E-state index contributed by atoms with van der Waals surface area (Å²) in [7, 11) is -3.23. The number of thiophene rings is 1. The summed E-state index contributed by atoms with van der Waals surface area (Å²) >= 11 is 1.56. The number of sulfone groups is 1. The average molecular weight is 475 g/mol. The van der Waals surface area contributed by atoms with Gasteiger partial charge in [0.05, 0.1) is 21.2 Å². The molecule has 2 aromatic heterocycles. The number of anilines is 1. The Morgan fingerprint density at radius 1 is 1.19 bits per heavy atom. The van der Waals surface area contributed by atoms with E-state index in [0.29, 0.717) is 18.0 Å². The van der Waals surface area contributed by atoms with E-state index in [4.69, 9.17) is 4.74 Å². The fourth-order valence-electron chi connectivity index (χ4n) is 3.72. The first-order valence-electron chi connectivity index (χ1n) is 10.5. The molecule has 10 heteroatoms. The number of hydrogen-bond donors (Lipinski definition) is 1. The van der Waals surface area contributed by atoms with E-state index in [1.807, 2.05) is 19.2 Å². The third kappa shape index (κ3) is 4.86. The molecule has 0 aliphatic carbocycles. The molecule has 3 aromatic rings. The molecule has 1 saturated heterocycles. The Hall–Kier alpha value is -2.72. The van der Waals surface area contributed by atoms with Crippen molar-refractivity contribution in [1.29, 1.82) is 0 Å². The number of likely N-dealkylation sites (tertiary alicyclic amines) is 1. The summed E-state index contributed by atoms with van der Waals surface area (Å²) < 4.78 is 29.7. The predicted octanol–water partition coefficient (Wildman–Crippen LogP) is 4.18. The van der Waals surface area contributed by atoms with Crippen molar-refractivity contribution in [3.63, 3.8) is 0 Å². The Morgan fingerprint density at radius 2 is 1.88 bits per heavy atom. The lowest BCUT2D eigenvalue weighted by atomic mass is 10.1. The summed E-state index contributed by atoms with van der Waals surface area (Å²) in [5, 5.41) is 5.54. The minimum atomic E-state index is -3.23. The number of fused-ring (bicyclic) bond motifs is 1. The summed E-state index contributed by atoms with van der Waals surface area (Å²) in [4.78, 5) is 23.1. The van der Waals surface area contributed by atoms with Gasteiger partial charge in [0.25, 0.3) is 0 Å². The quantitative estimate of drug-likeness (QED) is 0.592. The molecule has 0 radical (unpaired) electrons. The number of benzene rings is 1. The number of nitrogens with one attached hydrogen (secondary N) is 1. The Kier molecular flexibility index (Phi) is 6.34. The Balaban J connectivity index is 1.49. The maximum Gasteiger partial charge on any atom is 0.410 e. The first-order chi connectivity index (χ1) is 15.2. The maximum absolute atomic E-state index is 12.1. The second kappa shape index (κ2) is 9.03. The molecule has 8 nitrogen and oxygen atoms in total. The van der Waals surface area contributed by atoms with Crippen LogP contribution in [0.4, 0.5) is 10.6 Å². The average Bonchev–Trinajstić information content (AvgIpc) is 3.18. The summed E-state index contributed by atoms with van der Waals surface area (Å²) in [5.41, 5.74) is 2.68. The van der Waals surface area contributed by atoms with Crippen LogP contribution in [-0.2, 0) is 14.6 Å². The van der Waals surface area contributed by atoms with Crippen LogP contribution in [0.2, 0.25) is 0 Å². The number of nitrogens with zero attached hydrogens (tertiary/aromatic N) is 3. The molecular formula is C22H26N4O4S2. The van der Waals surface area contributed by atoms with E-state index in [1.165, 1.54) is 6.26 Å². The van der Waals surface area contributed by atoms with Gasteiger partial charge in [0.2, 0.25) is 0 Å².